The molecule has 1 aromatic rings. The highest BCUT2D eigenvalue weighted by atomic mass is 32.2. The third kappa shape index (κ3) is 3.97. The summed E-state index contributed by atoms with van der Waals surface area (Å²) in [7, 11) is 1.59. The first-order chi connectivity index (χ1) is 18.2. The van der Waals surface area contributed by atoms with Crippen LogP contribution < -0.4 is 9.64 Å². The van der Waals surface area contributed by atoms with E-state index in [2.05, 4.69) is 0 Å². The number of thioether (sulfide) groups is 1. The molecule has 1 aromatic carbocycles. The lowest BCUT2D eigenvalue weighted by molar-refractivity contribution is -0.155. The van der Waals surface area contributed by atoms with Gasteiger partial charge in [0.05, 0.1) is 42.9 Å². The molecule has 4 aliphatic rings. The van der Waals surface area contributed by atoms with Crippen molar-refractivity contribution in [2.45, 2.75) is 55.2 Å². The number of methoxy groups -OCH3 is 1. The van der Waals surface area contributed by atoms with Crippen LogP contribution in [0, 0.1) is 17.8 Å². The standard InChI is InChI=1S/C29H36N2O6S/c1-5-18(2)21(17-32)31-24-26(34)30(19-9-11-20(36-4)12-10-19)15-8-14-29(24)22(25(31)33)23-27(35)37-16-7-6-13-28(23,3)38-29/h6,8-14,18,21-24,32H,5,7,15-17H2,1-4H3/t18-,21-,22-,23-,24?,28+,29-/m0/s1. The molecule has 2 fully saturated rings. The number of esters is 1. The van der Waals surface area contributed by atoms with E-state index >= 15 is 0 Å². The van der Waals surface area contributed by atoms with E-state index in [-0.39, 0.29) is 30.9 Å². The molecule has 0 aromatic heterocycles. The number of aliphatic hydroxyl groups excluding tert-OH is 1. The molecule has 2 amide bonds. The topological polar surface area (TPSA) is 96.4 Å². The summed E-state index contributed by atoms with van der Waals surface area (Å²) in [5.74, 6) is -1.79. The van der Waals surface area contributed by atoms with Crippen molar-refractivity contribution < 1.29 is 29.0 Å². The smallest absolute Gasteiger partial charge is 0.311 e. The molecule has 0 radical (unpaired) electrons. The van der Waals surface area contributed by atoms with Crippen LogP contribution >= 0.6 is 11.8 Å². The zero-order valence-electron chi connectivity index (χ0n) is 22.3. The molecule has 1 unspecified atom stereocenters. The van der Waals surface area contributed by atoms with Crippen molar-refractivity contribution in [2.75, 3.05) is 31.8 Å². The molecule has 4 aliphatic heterocycles. The van der Waals surface area contributed by atoms with E-state index in [9.17, 15) is 19.5 Å². The summed E-state index contributed by atoms with van der Waals surface area (Å²) >= 11 is 1.51. The van der Waals surface area contributed by atoms with E-state index in [0.717, 1.165) is 6.42 Å². The average Bonchev–Trinajstić information content (AvgIpc) is 3.23. The number of cyclic esters (lactones) is 1. The third-order valence-electron chi connectivity index (χ3n) is 8.69. The molecule has 0 saturated carbocycles. The highest BCUT2D eigenvalue weighted by molar-refractivity contribution is 8.02. The maximum absolute atomic E-state index is 14.6. The van der Waals surface area contributed by atoms with Gasteiger partial charge >= 0.3 is 5.97 Å². The Bertz CT molecular complexity index is 1170. The molecule has 9 heteroatoms. The Labute approximate surface area is 228 Å². The maximum atomic E-state index is 14.6. The van der Waals surface area contributed by atoms with Crippen LogP contribution in [0.5, 0.6) is 5.75 Å². The minimum Gasteiger partial charge on any atom is -0.497 e. The molecule has 0 bridgehead atoms. The lowest BCUT2D eigenvalue weighted by Gasteiger charge is -2.41. The summed E-state index contributed by atoms with van der Waals surface area (Å²) < 4.78 is 9.20. The van der Waals surface area contributed by atoms with Crippen LogP contribution in [0.2, 0.25) is 0 Å². The Balaban J connectivity index is 1.67. The van der Waals surface area contributed by atoms with Gasteiger partial charge in [-0.3, -0.25) is 14.4 Å². The van der Waals surface area contributed by atoms with Crippen LogP contribution in [0.3, 0.4) is 0 Å². The van der Waals surface area contributed by atoms with Gasteiger partial charge in [-0.05, 0) is 43.5 Å². The third-order valence-corrected chi connectivity index (χ3v) is 10.5. The van der Waals surface area contributed by atoms with Gasteiger partial charge in [0.1, 0.15) is 11.8 Å². The Morgan fingerprint density at radius 2 is 1.87 bits per heavy atom. The van der Waals surface area contributed by atoms with E-state index in [1.165, 1.54) is 11.8 Å². The van der Waals surface area contributed by atoms with Crippen molar-refractivity contribution in [1.82, 2.24) is 4.90 Å². The van der Waals surface area contributed by atoms with E-state index in [4.69, 9.17) is 9.47 Å². The maximum Gasteiger partial charge on any atom is 0.311 e. The minimum atomic E-state index is -0.983. The van der Waals surface area contributed by atoms with Gasteiger partial charge in [0.25, 0.3) is 5.91 Å². The summed E-state index contributed by atoms with van der Waals surface area (Å²) in [5, 5.41) is 10.5. The number of likely N-dealkylation sites (tertiary alicyclic amines) is 1. The highest BCUT2D eigenvalue weighted by Crippen LogP contribution is 2.65. The zero-order valence-corrected chi connectivity index (χ0v) is 23.1. The first-order valence-electron chi connectivity index (χ1n) is 13.3. The molecule has 7 atom stereocenters. The van der Waals surface area contributed by atoms with Gasteiger partial charge < -0.3 is 24.4 Å². The van der Waals surface area contributed by atoms with Gasteiger partial charge in [0.2, 0.25) is 5.91 Å². The van der Waals surface area contributed by atoms with Crippen molar-refractivity contribution in [2.24, 2.45) is 17.8 Å². The van der Waals surface area contributed by atoms with E-state index < -0.39 is 39.4 Å². The second-order valence-corrected chi connectivity index (χ2v) is 12.6. The predicted molar refractivity (Wildman–Crippen MR) is 146 cm³/mol. The monoisotopic (exact) mass is 540 g/mol. The van der Waals surface area contributed by atoms with Gasteiger partial charge in [-0.15, -0.1) is 11.8 Å². The van der Waals surface area contributed by atoms with Crippen molar-refractivity contribution in [3.8, 4) is 5.75 Å². The molecule has 0 aliphatic carbocycles. The minimum absolute atomic E-state index is 0.0464. The number of hydrogen-bond acceptors (Lipinski definition) is 7. The van der Waals surface area contributed by atoms with Crippen molar-refractivity contribution >= 4 is 35.2 Å². The van der Waals surface area contributed by atoms with Crippen molar-refractivity contribution in [1.29, 1.82) is 0 Å². The Kier molecular flexibility index (Phi) is 7.11. The fraction of sp³-hybridized carbons (Fsp3) is 0.552. The van der Waals surface area contributed by atoms with Crippen LogP contribution in [0.15, 0.2) is 48.6 Å². The van der Waals surface area contributed by atoms with E-state index in [1.807, 2.05) is 57.2 Å². The van der Waals surface area contributed by atoms with Crippen LogP contribution in [-0.2, 0) is 19.1 Å². The van der Waals surface area contributed by atoms with Gasteiger partial charge in [-0.1, -0.05) is 44.6 Å². The molecular formula is C29H36N2O6S. The molecule has 4 heterocycles. The van der Waals surface area contributed by atoms with Crippen molar-refractivity contribution in [3.05, 3.63) is 48.6 Å². The number of hydrogen-bond donors (Lipinski definition) is 1. The highest BCUT2D eigenvalue weighted by Gasteiger charge is 2.74. The second-order valence-electron chi connectivity index (χ2n) is 10.8. The Morgan fingerprint density at radius 3 is 2.53 bits per heavy atom. The summed E-state index contributed by atoms with van der Waals surface area (Å²) in [6, 6.07) is 5.82. The fourth-order valence-electron chi connectivity index (χ4n) is 6.59. The van der Waals surface area contributed by atoms with Gasteiger partial charge in [-0.2, -0.15) is 0 Å². The second kappa shape index (κ2) is 10.1. The summed E-state index contributed by atoms with van der Waals surface area (Å²) in [5.41, 5.74) is 0.692. The first kappa shape index (κ1) is 26.8. The average molecular weight is 541 g/mol. The van der Waals surface area contributed by atoms with Crippen LogP contribution in [0.25, 0.3) is 0 Å². The van der Waals surface area contributed by atoms with Crippen LogP contribution in [0.4, 0.5) is 5.69 Å². The van der Waals surface area contributed by atoms with Gasteiger partial charge in [-0.25, -0.2) is 0 Å². The normalized spacial score (nSPS) is 34.0. The number of carbonyl (C=O) groups excluding carboxylic acids is 3. The Morgan fingerprint density at radius 1 is 1.13 bits per heavy atom. The number of fused-ring (bicyclic) bond motifs is 2. The number of ether oxygens (including phenoxy) is 2. The molecular weight excluding hydrogens is 504 g/mol. The SMILES string of the molecule is CC[C@H](C)[C@H](CO)N1C(=O)[C@@H]2[C@H]3C(=O)OCCC=C[C@@]3(C)S[C@@]23C=CCN(c2ccc(OC)cc2)C(=O)C13. The lowest BCUT2D eigenvalue weighted by atomic mass is 9.74. The molecule has 204 valence electrons. The molecule has 2 saturated heterocycles. The molecule has 38 heavy (non-hydrogen) atoms. The fourth-order valence-corrected chi connectivity index (χ4v) is 8.73. The summed E-state index contributed by atoms with van der Waals surface area (Å²) in [6.07, 6.45) is 9.28. The first-order valence-corrected chi connectivity index (χ1v) is 14.1. The molecule has 5 rings (SSSR count). The number of carbonyl (C=O) groups is 3. The Hall–Kier alpha value is -2.78. The number of anilines is 1. The number of amides is 2. The van der Waals surface area contributed by atoms with E-state index in [1.54, 1.807) is 29.0 Å². The predicted octanol–water partition coefficient (Wildman–Crippen LogP) is 3.20. The number of rotatable bonds is 6. The summed E-state index contributed by atoms with van der Waals surface area (Å²) in [6.45, 7) is 6.28. The zero-order chi connectivity index (χ0) is 27.2. The van der Waals surface area contributed by atoms with Crippen molar-refractivity contribution in [3.63, 3.8) is 0 Å². The number of benzene rings is 1. The van der Waals surface area contributed by atoms with Crippen LogP contribution in [-0.4, -0.2) is 76.2 Å². The quantitative estimate of drug-likeness (QED) is 0.437. The van der Waals surface area contributed by atoms with Crippen LogP contribution in [0.1, 0.15) is 33.6 Å². The largest absolute Gasteiger partial charge is 0.497 e. The lowest BCUT2D eigenvalue weighted by Crippen LogP contribution is -2.58. The summed E-state index contributed by atoms with van der Waals surface area (Å²) in [4.78, 5) is 45.7. The molecule has 1 spiro atoms. The molecule has 8 nitrogen and oxygen atoms in total. The van der Waals surface area contributed by atoms with Gasteiger partial charge in [0, 0.05) is 17.0 Å². The van der Waals surface area contributed by atoms with E-state index in [0.29, 0.717) is 24.4 Å². The van der Waals surface area contributed by atoms with Gasteiger partial charge in [0.15, 0.2) is 0 Å². The number of aliphatic hydroxyl groups is 1. The number of nitrogens with zero attached hydrogens (tertiary/aromatic N) is 2. The molecule has 1 N–H and O–H groups in total.